The standard InChI is InChI=1S/C10H16N2O/c1-2-3-9(13)6-8-7-12-5-4-10(8)11/h4-5,7,9,13H,2-3,6H2,1H3,(H2,11,12). The molecule has 0 radical (unpaired) electrons. The summed E-state index contributed by atoms with van der Waals surface area (Å²) in [5.41, 5.74) is 7.36. The summed E-state index contributed by atoms with van der Waals surface area (Å²) in [7, 11) is 0. The number of nitrogens with zero attached hydrogens (tertiary/aromatic N) is 1. The van der Waals surface area contributed by atoms with Gasteiger partial charge in [0.25, 0.3) is 0 Å². The molecule has 72 valence electrons. The summed E-state index contributed by atoms with van der Waals surface area (Å²) in [4.78, 5) is 3.97. The summed E-state index contributed by atoms with van der Waals surface area (Å²) in [6, 6.07) is 1.76. The lowest BCUT2D eigenvalue weighted by molar-refractivity contribution is 0.164. The van der Waals surface area contributed by atoms with Crippen LogP contribution in [0.5, 0.6) is 0 Å². The minimum absolute atomic E-state index is 0.295. The molecule has 3 nitrogen and oxygen atoms in total. The molecule has 0 aliphatic carbocycles. The van der Waals surface area contributed by atoms with E-state index in [2.05, 4.69) is 11.9 Å². The van der Waals surface area contributed by atoms with Gasteiger partial charge in [-0.25, -0.2) is 0 Å². The van der Waals surface area contributed by atoms with E-state index in [0.29, 0.717) is 12.1 Å². The summed E-state index contributed by atoms with van der Waals surface area (Å²) in [5, 5.41) is 9.54. The lowest BCUT2D eigenvalue weighted by Gasteiger charge is -2.10. The molecule has 0 spiro atoms. The van der Waals surface area contributed by atoms with Crippen molar-refractivity contribution in [3.05, 3.63) is 24.0 Å². The van der Waals surface area contributed by atoms with Gasteiger partial charge in [-0.1, -0.05) is 13.3 Å². The number of nitrogens with two attached hydrogens (primary N) is 1. The average Bonchev–Trinajstić information content (AvgIpc) is 2.09. The third kappa shape index (κ3) is 3.03. The van der Waals surface area contributed by atoms with Gasteiger partial charge < -0.3 is 10.8 Å². The molecule has 1 unspecified atom stereocenters. The van der Waals surface area contributed by atoms with Crippen LogP contribution in [0, 0.1) is 0 Å². The Hall–Kier alpha value is -1.09. The number of hydrogen-bond donors (Lipinski definition) is 2. The van der Waals surface area contributed by atoms with E-state index >= 15 is 0 Å². The number of pyridine rings is 1. The summed E-state index contributed by atoms with van der Waals surface area (Å²) in [6.45, 7) is 2.05. The van der Waals surface area contributed by atoms with Gasteiger partial charge in [-0.15, -0.1) is 0 Å². The van der Waals surface area contributed by atoms with Gasteiger partial charge in [0.15, 0.2) is 0 Å². The maximum Gasteiger partial charge on any atom is 0.0581 e. The van der Waals surface area contributed by atoms with Crippen LogP contribution in [-0.2, 0) is 6.42 Å². The van der Waals surface area contributed by atoms with Crippen LogP contribution in [0.25, 0.3) is 0 Å². The highest BCUT2D eigenvalue weighted by Gasteiger charge is 2.06. The van der Waals surface area contributed by atoms with E-state index in [9.17, 15) is 5.11 Å². The number of aliphatic hydroxyl groups is 1. The monoisotopic (exact) mass is 180 g/mol. The highest BCUT2D eigenvalue weighted by atomic mass is 16.3. The Morgan fingerprint density at radius 2 is 2.38 bits per heavy atom. The summed E-state index contributed by atoms with van der Waals surface area (Å²) in [6.07, 6.45) is 5.49. The summed E-state index contributed by atoms with van der Waals surface area (Å²) in [5.74, 6) is 0. The second-order valence-electron chi connectivity index (χ2n) is 3.22. The molecule has 0 saturated heterocycles. The molecule has 0 bridgehead atoms. The smallest absolute Gasteiger partial charge is 0.0581 e. The molecular weight excluding hydrogens is 164 g/mol. The Morgan fingerprint density at radius 1 is 1.62 bits per heavy atom. The van der Waals surface area contributed by atoms with Crippen molar-refractivity contribution in [1.29, 1.82) is 0 Å². The number of anilines is 1. The average molecular weight is 180 g/mol. The Bertz CT molecular complexity index is 263. The van der Waals surface area contributed by atoms with E-state index in [1.54, 1.807) is 18.5 Å². The number of aliphatic hydroxyl groups excluding tert-OH is 1. The first-order valence-electron chi connectivity index (χ1n) is 4.60. The Kier molecular flexibility index (Phi) is 3.71. The molecule has 1 heterocycles. The molecule has 1 aromatic heterocycles. The predicted octanol–water partition coefficient (Wildman–Crippen LogP) is 1.37. The van der Waals surface area contributed by atoms with Gasteiger partial charge in [0, 0.05) is 24.5 Å². The van der Waals surface area contributed by atoms with Crippen molar-refractivity contribution in [3.8, 4) is 0 Å². The summed E-state index contributed by atoms with van der Waals surface area (Å²) >= 11 is 0. The van der Waals surface area contributed by atoms with Crippen molar-refractivity contribution in [1.82, 2.24) is 4.98 Å². The van der Waals surface area contributed by atoms with E-state index in [1.807, 2.05) is 0 Å². The second kappa shape index (κ2) is 4.82. The van der Waals surface area contributed by atoms with Crippen molar-refractivity contribution in [2.75, 3.05) is 5.73 Å². The molecule has 0 aliphatic rings. The lowest BCUT2D eigenvalue weighted by atomic mass is 10.1. The van der Waals surface area contributed by atoms with E-state index in [1.165, 1.54) is 0 Å². The Balaban J connectivity index is 2.58. The fourth-order valence-electron chi connectivity index (χ4n) is 1.30. The zero-order valence-electron chi connectivity index (χ0n) is 7.90. The Morgan fingerprint density at radius 3 is 3.00 bits per heavy atom. The third-order valence-corrected chi connectivity index (χ3v) is 2.02. The maximum absolute atomic E-state index is 9.54. The van der Waals surface area contributed by atoms with E-state index in [4.69, 9.17) is 5.73 Å². The van der Waals surface area contributed by atoms with Gasteiger partial charge in [0.05, 0.1) is 6.10 Å². The van der Waals surface area contributed by atoms with Gasteiger partial charge in [-0.3, -0.25) is 4.98 Å². The molecular formula is C10H16N2O. The maximum atomic E-state index is 9.54. The molecule has 13 heavy (non-hydrogen) atoms. The van der Waals surface area contributed by atoms with E-state index in [-0.39, 0.29) is 6.10 Å². The predicted molar refractivity (Wildman–Crippen MR) is 53.3 cm³/mol. The largest absolute Gasteiger partial charge is 0.398 e. The van der Waals surface area contributed by atoms with Crippen molar-refractivity contribution < 1.29 is 5.11 Å². The number of aromatic nitrogens is 1. The minimum atomic E-state index is -0.295. The minimum Gasteiger partial charge on any atom is -0.398 e. The first-order chi connectivity index (χ1) is 6.24. The fourth-order valence-corrected chi connectivity index (χ4v) is 1.30. The van der Waals surface area contributed by atoms with Gasteiger partial charge in [0.1, 0.15) is 0 Å². The second-order valence-corrected chi connectivity index (χ2v) is 3.22. The van der Waals surface area contributed by atoms with E-state index in [0.717, 1.165) is 18.4 Å². The van der Waals surface area contributed by atoms with Crippen LogP contribution in [0.15, 0.2) is 18.5 Å². The van der Waals surface area contributed by atoms with Crippen molar-refractivity contribution >= 4 is 5.69 Å². The SMILES string of the molecule is CCCC(O)Cc1cnccc1N. The molecule has 0 saturated carbocycles. The highest BCUT2D eigenvalue weighted by molar-refractivity contribution is 5.44. The van der Waals surface area contributed by atoms with Crippen LogP contribution in [0.4, 0.5) is 5.69 Å². The van der Waals surface area contributed by atoms with Gasteiger partial charge >= 0.3 is 0 Å². The van der Waals surface area contributed by atoms with Gasteiger partial charge in [0.2, 0.25) is 0 Å². The van der Waals surface area contributed by atoms with Crippen LogP contribution < -0.4 is 5.73 Å². The van der Waals surface area contributed by atoms with Crippen LogP contribution in [0.2, 0.25) is 0 Å². The molecule has 1 rings (SSSR count). The first-order valence-corrected chi connectivity index (χ1v) is 4.60. The van der Waals surface area contributed by atoms with Crippen LogP contribution in [0.1, 0.15) is 25.3 Å². The topological polar surface area (TPSA) is 59.1 Å². The lowest BCUT2D eigenvalue weighted by Crippen LogP contribution is -2.11. The van der Waals surface area contributed by atoms with Crippen molar-refractivity contribution in [3.63, 3.8) is 0 Å². The molecule has 3 N–H and O–H groups in total. The molecule has 1 atom stereocenters. The van der Waals surface area contributed by atoms with Crippen molar-refractivity contribution in [2.45, 2.75) is 32.3 Å². The zero-order chi connectivity index (χ0) is 9.68. The van der Waals surface area contributed by atoms with Crippen molar-refractivity contribution in [2.24, 2.45) is 0 Å². The van der Waals surface area contributed by atoms with Gasteiger partial charge in [-0.2, -0.15) is 0 Å². The Labute approximate surface area is 78.6 Å². The summed E-state index contributed by atoms with van der Waals surface area (Å²) < 4.78 is 0. The molecule has 3 heteroatoms. The molecule has 0 fully saturated rings. The molecule has 0 aliphatic heterocycles. The molecule has 0 amide bonds. The van der Waals surface area contributed by atoms with E-state index < -0.39 is 0 Å². The third-order valence-electron chi connectivity index (χ3n) is 2.02. The van der Waals surface area contributed by atoms with Crippen LogP contribution in [-0.4, -0.2) is 16.2 Å². The number of nitrogen functional groups attached to an aromatic ring is 1. The van der Waals surface area contributed by atoms with Crippen LogP contribution in [0.3, 0.4) is 0 Å². The van der Waals surface area contributed by atoms with Crippen LogP contribution >= 0.6 is 0 Å². The fraction of sp³-hybridized carbons (Fsp3) is 0.500. The quantitative estimate of drug-likeness (QED) is 0.735. The van der Waals surface area contributed by atoms with Gasteiger partial charge in [-0.05, 0) is 18.1 Å². The highest BCUT2D eigenvalue weighted by Crippen LogP contribution is 2.13. The molecule has 1 aromatic rings. The normalized spacial score (nSPS) is 12.8. The first kappa shape index (κ1) is 9.99. The zero-order valence-corrected chi connectivity index (χ0v) is 7.90. The number of rotatable bonds is 4. The number of hydrogen-bond acceptors (Lipinski definition) is 3. The molecule has 0 aromatic carbocycles.